The Morgan fingerprint density at radius 2 is 2.33 bits per heavy atom. The van der Waals surface area contributed by atoms with Gasteiger partial charge in [-0.1, -0.05) is 0 Å². The van der Waals surface area contributed by atoms with E-state index in [1.165, 1.54) is 26.3 Å². The van der Waals surface area contributed by atoms with Gasteiger partial charge in [0.15, 0.2) is 11.5 Å². The lowest BCUT2D eigenvalue weighted by atomic mass is 10.2. The number of phenols is 1. The first-order valence-corrected chi connectivity index (χ1v) is 4.30. The molecular formula is C10H12N2O3. The highest BCUT2D eigenvalue weighted by atomic mass is 16.5. The van der Waals surface area contributed by atoms with Gasteiger partial charge in [0, 0.05) is 6.92 Å². The van der Waals surface area contributed by atoms with E-state index in [1.54, 1.807) is 12.1 Å². The summed E-state index contributed by atoms with van der Waals surface area (Å²) in [5.74, 6) is 0.180. The Labute approximate surface area is 87.4 Å². The number of hydrogen-bond donors (Lipinski definition) is 2. The third kappa shape index (κ3) is 3.30. The van der Waals surface area contributed by atoms with Gasteiger partial charge in [-0.25, -0.2) is 5.43 Å². The van der Waals surface area contributed by atoms with Crippen molar-refractivity contribution in [2.24, 2.45) is 5.10 Å². The zero-order valence-electron chi connectivity index (χ0n) is 8.52. The molecule has 1 aromatic carbocycles. The molecule has 0 fully saturated rings. The van der Waals surface area contributed by atoms with Crippen LogP contribution >= 0.6 is 0 Å². The lowest BCUT2D eigenvalue weighted by Gasteiger charge is -2.02. The average Bonchev–Trinajstić information content (AvgIpc) is 2.17. The van der Waals surface area contributed by atoms with E-state index in [2.05, 4.69) is 10.5 Å². The maximum Gasteiger partial charge on any atom is 0.236 e. The number of carbonyl (C=O) groups is 1. The number of benzene rings is 1. The molecule has 15 heavy (non-hydrogen) atoms. The van der Waals surface area contributed by atoms with Crippen LogP contribution in [0.4, 0.5) is 0 Å². The molecule has 0 bridgehead atoms. The maximum absolute atomic E-state index is 10.5. The molecule has 1 amide bonds. The first-order chi connectivity index (χ1) is 7.13. The summed E-state index contributed by atoms with van der Waals surface area (Å²) in [4.78, 5) is 10.5. The lowest BCUT2D eigenvalue weighted by Crippen LogP contribution is -2.12. The quantitative estimate of drug-likeness (QED) is 0.572. The van der Waals surface area contributed by atoms with Crippen molar-refractivity contribution in [2.45, 2.75) is 6.92 Å². The summed E-state index contributed by atoms with van der Waals surface area (Å²) in [6, 6.07) is 4.82. The predicted octanol–water partition coefficient (Wildman–Crippen LogP) is 0.871. The van der Waals surface area contributed by atoms with Crippen molar-refractivity contribution in [3.05, 3.63) is 23.8 Å². The normalized spacial score (nSPS) is 10.3. The monoisotopic (exact) mass is 208 g/mol. The minimum Gasteiger partial charge on any atom is -0.504 e. The van der Waals surface area contributed by atoms with Crippen molar-refractivity contribution >= 4 is 12.1 Å². The number of aromatic hydroxyl groups is 1. The largest absolute Gasteiger partial charge is 0.504 e. The molecule has 0 heterocycles. The number of phenolic OH excluding ortho intramolecular Hbond substituents is 1. The van der Waals surface area contributed by atoms with Gasteiger partial charge in [0.05, 0.1) is 13.3 Å². The molecule has 80 valence electrons. The van der Waals surface area contributed by atoms with Crippen LogP contribution in [0.25, 0.3) is 0 Å². The molecule has 0 radical (unpaired) electrons. The van der Waals surface area contributed by atoms with Crippen LogP contribution in [0.15, 0.2) is 23.3 Å². The van der Waals surface area contributed by atoms with E-state index in [-0.39, 0.29) is 11.7 Å². The average molecular weight is 208 g/mol. The van der Waals surface area contributed by atoms with Crippen LogP contribution in [0, 0.1) is 0 Å². The molecule has 2 N–H and O–H groups in total. The molecule has 0 aromatic heterocycles. The second kappa shape index (κ2) is 4.99. The SMILES string of the molecule is COc1ccc(/C=N/NC(C)=O)cc1O. The van der Waals surface area contributed by atoms with Gasteiger partial charge in [-0.2, -0.15) is 5.10 Å². The van der Waals surface area contributed by atoms with Crippen molar-refractivity contribution in [1.82, 2.24) is 5.43 Å². The van der Waals surface area contributed by atoms with Crippen molar-refractivity contribution in [1.29, 1.82) is 0 Å². The van der Waals surface area contributed by atoms with Gasteiger partial charge in [0.1, 0.15) is 0 Å². The molecule has 0 spiro atoms. The lowest BCUT2D eigenvalue weighted by molar-refractivity contribution is -0.118. The number of carbonyl (C=O) groups excluding carboxylic acids is 1. The predicted molar refractivity (Wildman–Crippen MR) is 56.1 cm³/mol. The minimum atomic E-state index is -0.246. The van der Waals surface area contributed by atoms with E-state index in [0.29, 0.717) is 11.3 Å². The maximum atomic E-state index is 10.5. The van der Waals surface area contributed by atoms with Gasteiger partial charge in [0.25, 0.3) is 0 Å². The van der Waals surface area contributed by atoms with Crippen LogP contribution in [0.1, 0.15) is 12.5 Å². The zero-order chi connectivity index (χ0) is 11.3. The number of nitrogens with zero attached hydrogens (tertiary/aromatic N) is 1. The molecule has 0 unspecified atom stereocenters. The Kier molecular flexibility index (Phi) is 3.68. The summed E-state index contributed by atoms with van der Waals surface area (Å²) in [6.07, 6.45) is 1.43. The Hall–Kier alpha value is -2.04. The molecule has 0 saturated carbocycles. The number of hydrazone groups is 1. The summed E-state index contributed by atoms with van der Waals surface area (Å²) in [5, 5.41) is 13.1. The second-order valence-electron chi connectivity index (χ2n) is 2.86. The van der Waals surface area contributed by atoms with Crippen LogP contribution < -0.4 is 10.2 Å². The third-order valence-corrected chi connectivity index (χ3v) is 1.64. The number of methoxy groups -OCH3 is 1. The minimum absolute atomic E-state index is 0.0317. The van der Waals surface area contributed by atoms with Crippen molar-refractivity contribution in [2.75, 3.05) is 7.11 Å². The van der Waals surface area contributed by atoms with Crippen LogP contribution in [0.2, 0.25) is 0 Å². The van der Waals surface area contributed by atoms with Crippen LogP contribution in [-0.4, -0.2) is 24.3 Å². The van der Waals surface area contributed by atoms with Crippen molar-refractivity contribution in [3.63, 3.8) is 0 Å². The standard InChI is InChI=1S/C10H12N2O3/c1-7(13)12-11-6-8-3-4-10(15-2)9(14)5-8/h3-6,14H,1-2H3,(H,12,13)/b11-6+. The number of nitrogens with one attached hydrogen (secondary N) is 1. The molecule has 5 nitrogen and oxygen atoms in total. The fraction of sp³-hybridized carbons (Fsp3) is 0.200. The Bertz CT molecular complexity index is 388. The van der Waals surface area contributed by atoms with Crippen LogP contribution in [0.3, 0.4) is 0 Å². The molecule has 1 aromatic rings. The van der Waals surface area contributed by atoms with E-state index in [1.807, 2.05) is 0 Å². The topological polar surface area (TPSA) is 70.9 Å². The Morgan fingerprint density at radius 1 is 1.60 bits per heavy atom. The first kappa shape index (κ1) is 11.0. The summed E-state index contributed by atoms with van der Waals surface area (Å²) in [6.45, 7) is 1.36. The van der Waals surface area contributed by atoms with Gasteiger partial charge in [-0.05, 0) is 23.8 Å². The van der Waals surface area contributed by atoms with Gasteiger partial charge >= 0.3 is 0 Å². The third-order valence-electron chi connectivity index (χ3n) is 1.64. The molecule has 0 atom stereocenters. The Morgan fingerprint density at radius 3 is 2.87 bits per heavy atom. The molecule has 0 saturated heterocycles. The second-order valence-corrected chi connectivity index (χ2v) is 2.86. The Balaban J connectivity index is 2.75. The van der Waals surface area contributed by atoms with E-state index >= 15 is 0 Å². The summed E-state index contributed by atoms with van der Waals surface area (Å²) in [7, 11) is 1.47. The molecule has 1 rings (SSSR count). The van der Waals surface area contributed by atoms with E-state index in [4.69, 9.17) is 4.74 Å². The van der Waals surface area contributed by atoms with Crippen LogP contribution in [0.5, 0.6) is 11.5 Å². The number of ether oxygens (including phenoxy) is 1. The van der Waals surface area contributed by atoms with Gasteiger partial charge in [0.2, 0.25) is 5.91 Å². The van der Waals surface area contributed by atoms with Gasteiger partial charge < -0.3 is 9.84 Å². The van der Waals surface area contributed by atoms with E-state index < -0.39 is 0 Å². The highest BCUT2D eigenvalue weighted by molar-refractivity contribution is 5.82. The first-order valence-electron chi connectivity index (χ1n) is 4.30. The highest BCUT2D eigenvalue weighted by Crippen LogP contribution is 2.25. The number of amides is 1. The molecular weight excluding hydrogens is 196 g/mol. The fourth-order valence-electron chi connectivity index (χ4n) is 0.985. The summed E-state index contributed by atoms with van der Waals surface area (Å²) in [5.41, 5.74) is 2.93. The molecule has 0 aliphatic carbocycles. The number of hydrogen-bond acceptors (Lipinski definition) is 4. The highest BCUT2D eigenvalue weighted by Gasteiger charge is 2.00. The van der Waals surface area contributed by atoms with E-state index in [0.717, 1.165) is 0 Å². The van der Waals surface area contributed by atoms with Crippen molar-refractivity contribution in [3.8, 4) is 11.5 Å². The molecule has 0 aliphatic rings. The van der Waals surface area contributed by atoms with Gasteiger partial charge in [-0.15, -0.1) is 0 Å². The van der Waals surface area contributed by atoms with Crippen LogP contribution in [-0.2, 0) is 4.79 Å². The molecule has 5 heteroatoms. The smallest absolute Gasteiger partial charge is 0.236 e. The number of rotatable bonds is 3. The molecule has 0 aliphatic heterocycles. The zero-order valence-corrected chi connectivity index (χ0v) is 8.52. The van der Waals surface area contributed by atoms with Gasteiger partial charge in [-0.3, -0.25) is 4.79 Å². The summed E-state index contributed by atoms with van der Waals surface area (Å²) < 4.78 is 4.88. The van der Waals surface area contributed by atoms with E-state index in [9.17, 15) is 9.90 Å². The van der Waals surface area contributed by atoms with Crippen molar-refractivity contribution < 1.29 is 14.6 Å². The summed E-state index contributed by atoms with van der Waals surface area (Å²) >= 11 is 0. The fourth-order valence-corrected chi connectivity index (χ4v) is 0.985.